The van der Waals surface area contributed by atoms with Crippen LogP contribution >= 0.6 is 11.6 Å². The Morgan fingerprint density at radius 2 is 1.65 bits per heavy atom. The third-order valence-electron chi connectivity index (χ3n) is 4.77. The molecule has 1 amide bonds. The fourth-order valence-electron chi connectivity index (χ4n) is 3.22. The van der Waals surface area contributed by atoms with E-state index in [0.717, 1.165) is 10.8 Å². The molecule has 0 aliphatic carbocycles. The van der Waals surface area contributed by atoms with E-state index in [-0.39, 0.29) is 11.5 Å². The van der Waals surface area contributed by atoms with Crippen molar-refractivity contribution >= 4 is 53.1 Å². The van der Waals surface area contributed by atoms with Crippen molar-refractivity contribution in [3.05, 3.63) is 101 Å². The van der Waals surface area contributed by atoms with Crippen LogP contribution < -0.4 is 16.1 Å². The van der Waals surface area contributed by atoms with Gasteiger partial charge in [0.15, 0.2) is 6.17 Å². The molecule has 150 valence electrons. The Hall–Kier alpha value is -3.64. The van der Waals surface area contributed by atoms with Gasteiger partial charge in [-0.3, -0.25) is 14.6 Å². The lowest BCUT2D eigenvalue weighted by Gasteiger charge is -2.21. The zero-order valence-corrected chi connectivity index (χ0v) is 17.1. The Bertz CT molecular complexity index is 1240. The summed E-state index contributed by atoms with van der Waals surface area (Å²) in [4.78, 5) is 30.3. The molecule has 4 aromatic rings. The summed E-state index contributed by atoms with van der Waals surface area (Å²) in [6.07, 6.45) is 0.363. The number of halogens is 1. The minimum absolute atomic E-state index is 0.155. The minimum Gasteiger partial charge on any atom is -0.359 e. The maximum Gasteiger partial charge on any atom is 0.271 e. The summed E-state index contributed by atoms with van der Waals surface area (Å²) in [5.41, 5.74) is 1.73. The molecule has 0 saturated heterocycles. The monoisotopic (exact) mass is 425 g/mol. The van der Waals surface area contributed by atoms with Gasteiger partial charge in [-0.1, -0.05) is 65.6 Å². The largest absolute Gasteiger partial charge is 0.359 e. The molecule has 31 heavy (non-hydrogen) atoms. The van der Waals surface area contributed by atoms with Crippen molar-refractivity contribution in [1.29, 1.82) is 0 Å². The van der Waals surface area contributed by atoms with E-state index >= 15 is 0 Å². The number of aromatic nitrogens is 1. The molecular weight excluding hydrogens is 409 g/mol. The van der Waals surface area contributed by atoms with Gasteiger partial charge < -0.3 is 10.6 Å². The van der Waals surface area contributed by atoms with Crippen molar-refractivity contribution in [2.75, 3.05) is 5.32 Å². The average Bonchev–Trinajstić information content (AvgIpc) is 2.79. The molecule has 3 aromatic carbocycles. The molecule has 1 unspecified atom stereocenters. The first-order chi connectivity index (χ1) is 15.0. The van der Waals surface area contributed by atoms with Crippen LogP contribution in [0.3, 0.4) is 0 Å². The molecule has 0 fully saturated rings. The number of nitrogens with one attached hydrogen (secondary N) is 2. The summed E-state index contributed by atoms with van der Waals surface area (Å²) in [6.45, 7) is 0. The van der Waals surface area contributed by atoms with Gasteiger partial charge in [0.1, 0.15) is 13.5 Å². The van der Waals surface area contributed by atoms with Crippen LogP contribution in [-0.4, -0.2) is 30.7 Å². The number of hydrogen-bond acceptors (Lipinski definition) is 4. The average molecular weight is 426 g/mol. The van der Waals surface area contributed by atoms with Crippen molar-refractivity contribution in [2.24, 2.45) is 0 Å². The number of rotatable bonds is 6. The maximum atomic E-state index is 13.5. The van der Waals surface area contributed by atoms with Crippen LogP contribution in [0.5, 0.6) is 0 Å². The number of pyridine rings is 1. The highest BCUT2D eigenvalue weighted by Gasteiger charge is 2.24. The van der Waals surface area contributed by atoms with Crippen LogP contribution in [0.2, 0.25) is 5.02 Å². The third-order valence-corrected chi connectivity index (χ3v) is 5.02. The molecule has 7 heteroatoms. The highest BCUT2D eigenvalue weighted by molar-refractivity contribution is 6.32. The Morgan fingerprint density at radius 3 is 2.39 bits per heavy atom. The molecular formula is C24H17BClN3O2. The van der Waals surface area contributed by atoms with Crippen LogP contribution in [-0.2, 0) is 0 Å². The van der Waals surface area contributed by atoms with Crippen molar-refractivity contribution in [2.45, 2.75) is 6.17 Å². The van der Waals surface area contributed by atoms with Gasteiger partial charge in [0.25, 0.3) is 5.91 Å². The lowest BCUT2D eigenvalue weighted by atomic mass is 9.98. The zero-order chi connectivity index (χ0) is 21.8. The van der Waals surface area contributed by atoms with E-state index in [1.165, 1.54) is 12.3 Å². The molecule has 5 nitrogen and oxygen atoms in total. The van der Waals surface area contributed by atoms with E-state index in [1.54, 1.807) is 36.4 Å². The third kappa shape index (κ3) is 4.76. The second kappa shape index (κ2) is 9.02. The van der Waals surface area contributed by atoms with Gasteiger partial charge in [-0.25, -0.2) is 0 Å². The number of benzene rings is 3. The highest BCUT2D eigenvalue weighted by Crippen LogP contribution is 2.21. The first-order valence-electron chi connectivity index (χ1n) is 9.58. The van der Waals surface area contributed by atoms with Gasteiger partial charge in [-0.2, -0.15) is 0 Å². The molecule has 0 bridgehead atoms. The van der Waals surface area contributed by atoms with E-state index in [4.69, 9.17) is 19.4 Å². The van der Waals surface area contributed by atoms with Gasteiger partial charge in [-0.05, 0) is 41.1 Å². The van der Waals surface area contributed by atoms with E-state index in [0.29, 0.717) is 21.7 Å². The fourth-order valence-corrected chi connectivity index (χ4v) is 3.35. The molecule has 2 N–H and O–H groups in total. The fraction of sp³-hybridized carbons (Fsp3) is 0.0417. The van der Waals surface area contributed by atoms with Gasteiger partial charge in [0.2, 0.25) is 5.78 Å². The Morgan fingerprint density at radius 1 is 0.903 bits per heavy atom. The summed E-state index contributed by atoms with van der Waals surface area (Å²) in [6, 6.07) is 23.1. The second-order valence-corrected chi connectivity index (χ2v) is 7.36. The van der Waals surface area contributed by atoms with E-state index < -0.39 is 12.1 Å². The molecule has 0 aliphatic rings. The van der Waals surface area contributed by atoms with Crippen LogP contribution in [0.1, 0.15) is 20.8 Å². The topological polar surface area (TPSA) is 71.1 Å². The molecule has 1 atom stereocenters. The molecule has 0 spiro atoms. The summed E-state index contributed by atoms with van der Waals surface area (Å²) in [7, 11) is 5.65. The molecule has 0 aliphatic heterocycles. The lowest BCUT2D eigenvalue weighted by Crippen LogP contribution is -2.46. The lowest BCUT2D eigenvalue weighted by molar-refractivity contribution is 0.0867. The molecule has 4 rings (SSSR count). The second-order valence-electron chi connectivity index (χ2n) is 6.93. The van der Waals surface area contributed by atoms with Crippen LogP contribution in [0.4, 0.5) is 5.69 Å². The Kier molecular flexibility index (Phi) is 6.00. The number of amides is 1. The van der Waals surface area contributed by atoms with Gasteiger partial charge in [0.05, 0.1) is 0 Å². The molecule has 0 saturated carbocycles. The summed E-state index contributed by atoms with van der Waals surface area (Å²) < 4.78 is 0. The summed E-state index contributed by atoms with van der Waals surface area (Å²) >= 11 is 5.97. The number of hydrogen-bond donors (Lipinski definition) is 2. The number of carbonyl (C=O) groups excluding carboxylic acids is 2. The normalized spacial score (nSPS) is 11.6. The number of nitrogens with zero attached hydrogens (tertiary/aromatic N) is 1. The predicted molar refractivity (Wildman–Crippen MR) is 124 cm³/mol. The minimum atomic E-state index is -1.03. The van der Waals surface area contributed by atoms with Gasteiger partial charge >= 0.3 is 0 Å². The van der Waals surface area contributed by atoms with Crippen LogP contribution in [0.15, 0.2) is 85.1 Å². The zero-order valence-electron chi connectivity index (χ0n) is 16.4. The van der Waals surface area contributed by atoms with Crippen molar-refractivity contribution in [3.8, 4) is 0 Å². The first-order valence-corrected chi connectivity index (χ1v) is 9.95. The van der Waals surface area contributed by atoms with Crippen LogP contribution in [0, 0.1) is 0 Å². The predicted octanol–water partition coefficient (Wildman–Crippen LogP) is 3.73. The smallest absolute Gasteiger partial charge is 0.271 e. The van der Waals surface area contributed by atoms with E-state index in [1.807, 2.05) is 36.4 Å². The van der Waals surface area contributed by atoms with Crippen molar-refractivity contribution < 1.29 is 9.59 Å². The first kappa shape index (κ1) is 20.6. The van der Waals surface area contributed by atoms with Crippen LogP contribution in [0.25, 0.3) is 10.8 Å². The quantitative estimate of drug-likeness (QED) is 0.280. The Labute approximate surface area is 185 Å². The number of Topliss-reactive ketones (excluding diaryl/α,β-unsaturated/α-hetero) is 1. The standard InChI is InChI=1S/C24H17BClN3O2/c25-16-8-13-21(27-14-16)24(31)29-23(28-18-11-9-17(26)10-12-18)22(30)20-7-3-5-15-4-1-2-6-19(15)20/h1-14,23,28H,(H,29,31). The number of carbonyl (C=O) groups is 2. The SMILES string of the molecule is [B]c1ccc(C(=O)NC(Nc2ccc(Cl)cc2)C(=O)c2cccc3ccccc23)nc1. The van der Waals surface area contributed by atoms with Gasteiger partial charge in [0, 0.05) is 22.5 Å². The highest BCUT2D eigenvalue weighted by atomic mass is 35.5. The maximum absolute atomic E-state index is 13.5. The summed E-state index contributed by atoms with van der Waals surface area (Å²) in [5.74, 6) is -0.782. The van der Waals surface area contributed by atoms with Gasteiger partial charge in [-0.15, -0.1) is 0 Å². The molecule has 2 radical (unpaired) electrons. The molecule has 1 heterocycles. The number of anilines is 1. The number of ketones is 1. The van der Waals surface area contributed by atoms with E-state index in [2.05, 4.69) is 15.6 Å². The van der Waals surface area contributed by atoms with Crippen molar-refractivity contribution in [1.82, 2.24) is 10.3 Å². The van der Waals surface area contributed by atoms with E-state index in [9.17, 15) is 9.59 Å². The Balaban J connectivity index is 1.68. The molecule has 1 aromatic heterocycles. The summed E-state index contributed by atoms with van der Waals surface area (Å²) in [5, 5.41) is 8.14. The number of fused-ring (bicyclic) bond motifs is 1. The van der Waals surface area contributed by atoms with Crippen molar-refractivity contribution in [3.63, 3.8) is 0 Å².